The molecular formula is C10H9F3N2O5. The highest BCUT2D eigenvalue weighted by molar-refractivity contribution is 5.89. The zero-order chi connectivity index (χ0) is 15.5. The van der Waals surface area contributed by atoms with E-state index in [1.54, 1.807) is 0 Å². The van der Waals surface area contributed by atoms with E-state index in [0.717, 1.165) is 0 Å². The summed E-state index contributed by atoms with van der Waals surface area (Å²) in [6.07, 6.45) is -5.11. The normalized spacial score (nSPS) is 11.1. The van der Waals surface area contributed by atoms with Crippen molar-refractivity contribution >= 4 is 11.8 Å². The van der Waals surface area contributed by atoms with Crippen LogP contribution in [-0.4, -0.2) is 28.8 Å². The number of carbonyl (C=O) groups excluding carboxylic acids is 1. The molecule has 0 atom stereocenters. The first-order chi connectivity index (χ1) is 9.15. The zero-order valence-electron chi connectivity index (χ0n) is 10.4. The number of aryl methyl sites for hydroxylation is 1. The number of alkyl halides is 3. The van der Waals surface area contributed by atoms with Gasteiger partial charge < -0.3 is 19.6 Å². The van der Waals surface area contributed by atoms with Crippen LogP contribution in [-0.2, 0) is 4.74 Å². The highest BCUT2D eigenvalue weighted by atomic mass is 19.4. The first-order valence-corrected chi connectivity index (χ1v) is 5.24. The Morgan fingerprint density at radius 3 is 2.55 bits per heavy atom. The fourth-order valence-corrected chi connectivity index (χ4v) is 1.32. The van der Waals surface area contributed by atoms with Crippen LogP contribution >= 0.6 is 0 Å². The summed E-state index contributed by atoms with van der Waals surface area (Å²) in [7, 11) is 0. The van der Waals surface area contributed by atoms with E-state index in [-0.39, 0.29) is 12.2 Å². The minimum atomic E-state index is -5.11. The van der Waals surface area contributed by atoms with Crippen LogP contribution in [0, 0.1) is 17.0 Å². The number of hydrogen-bond acceptors (Lipinski definition) is 6. The van der Waals surface area contributed by atoms with Gasteiger partial charge in [0, 0.05) is 5.56 Å². The summed E-state index contributed by atoms with van der Waals surface area (Å²) in [4.78, 5) is 24.3. The van der Waals surface area contributed by atoms with E-state index in [0.29, 0.717) is 6.07 Å². The van der Waals surface area contributed by atoms with Crippen LogP contribution in [0.2, 0.25) is 0 Å². The van der Waals surface area contributed by atoms with Crippen molar-refractivity contribution in [1.29, 1.82) is 0 Å². The average molecular weight is 294 g/mol. The number of pyridine rings is 1. The summed E-state index contributed by atoms with van der Waals surface area (Å²) < 4.78 is 44.5. The molecule has 1 aromatic rings. The Kier molecular flexibility index (Phi) is 4.48. The highest BCUT2D eigenvalue weighted by Crippen LogP contribution is 2.32. The predicted molar refractivity (Wildman–Crippen MR) is 58.3 cm³/mol. The maximum Gasteiger partial charge on any atom is 0.573 e. The fourth-order valence-electron chi connectivity index (χ4n) is 1.32. The number of nitro groups is 1. The van der Waals surface area contributed by atoms with Gasteiger partial charge in [0.05, 0.1) is 6.61 Å². The summed E-state index contributed by atoms with van der Waals surface area (Å²) >= 11 is 0. The van der Waals surface area contributed by atoms with Gasteiger partial charge in [0.2, 0.25) is 5.75 Å². The summed E-state index contributed by atoms with van der Waals surface area (Å²) in [5.74, 6) is -3.27. The van der Waals surface area contributed by atoms with E-state index >= 15 is 0 Å². The van der Waals surface area contributed by atoms with Gasteiger partial charge in [0.1, 0.15) is 0 Å². The molecule has 110 valence electrons. The largest absolute Gasteiger partial charge is 0.573 e. The van der Waals surface area contributed by atoms with Crippen LogP contribution < -0.4 is 4.74 Å². The van der Waals surface area contributed by atoms with Gasteiger partial charge in [-0.1, -0.05) is 0 Å². The molecule has 20 heavy (non-hydrogen) atoms. The number of halogens is 3. The molecular weight excluding hydrogens is 285 g/mol. The second-order valence-electron chi connectivity index (χ2n) is 3.50. The molecule has 0 bridgehead atoms. The molecule has 1 heterocycles. The van der Waals surface area contributed by atoms with Crippen LogP contribution in [0.4, 0.5) is 19.0 Å². The Bertz CT molecular complexity index is 544. The fraction of sp³-hybridized carbons (Fsp3) is 0.400. The van der Waals surface area contributed by atoms with Crippen molar-refractivity contribution in [2.45, 2.75) is 20.2 Å². The van der Waals surface area contributed by atoms with E-state index in [4.69, 9.17) is 0 Å². The van der Waals surface area contributed by atoms with Gasteiger partial charge in [-0.25, -0.2) is 4.79 Å². The first kappa shape index (κ1) is 15.7. The van der Waals surface area contributed by atoms with Gasteiger partial charge in [-0.2, -0.15) is 0 Å². The number of rotatable bonds is 4. The van der Waals surface area contributed by atoms with Crippen molar-refractivity contribution < 1.29 is 32.4 Å². The minimum absolute atomic E-state index is 0.00540. The predicted octanol–water partition coefficient (Wildman–Crippen LogP) is 2.37. The Morgan fingerprint density at radius 1 is 1.50 bits per heavy atom. The molecule has 0 fully saturated rings. The summed E-state index contributed by atoms with van der Waals surface area (Å²) in [6.45, 7) is 2.75. The Hall–Kier alpha value is -2.39. The lowest BCUT2D eigenvalue weighted by Gasteiger charge is -2.10. The Labute approximate surface area is 110 Å². The van der Waals surface area contributed by atoms with Crippen LogP contribution in [0.25, 0.3) is 0 Å². The Morgan fingerprint density at radius 2 is 2.10 bits per heavy atom. The molecule has 0 aromatic carbocycles. The summed E-state index contributed by atoms with van der Waals surface area (Å²) in [6, 6.07) is 0.713. The molecule has 0 radical (unpaired) electrons. The number of ether oxygens (including phenoxy) is 2. The molecule has 10 heteroatoms. The summed E-state index contributed by atoms with van der Waals surface area (Å²) in [5.41, 5.74) is -0.471. The van der Waals surface area contributed by atoms with Crippen LogP contribution in [0.15, 0.2) is 6.07 Å². The first-order valence-electron chi connectivity index (χ1n) is 5.24. The summed E-state index contributed by atoms with van der Waals surface area (Å²) in [5, 5.41) is 10.7. The molecule has 0 amide bonds. The minimum Gasteiger partial charge on any atom is -0.460 e. The van der Waals surface area contributed by atoms with Crippen molar-refractivity contribution in [1.82, 2.24) is 4.98 Å². The Balaban J connectivity index is 3.32. The van der Waals surface area contributed by atoms with Crippen LogP contribution in [0.5, 0.6) is 5.75 Å². The lowest BCUT2D eigenvalue weighted by Crippen LogP contribution is -2.19. The second-order valence-corrected chi connectivity index (χ2v) is 3.50. The maximum atomic E-state index is 12.1. The van der Waals surface area contributed by atoms with E-state index in [9.17, 15) is 28.1 Å². The van der Waals surface area contributed by atoms with Gasteiger partial charge in [0.25, 0.3) is 5.69 Å². The van der Waals surface area contributed by atoms with Crippen molar-refractivity contribution in [3.05, 3.63) is 27.4 Å². The maximum absolute atomic E-state index is 12.1. The lowest BCUT2D eigenvalue weighted by atomic mass is 10.2. The van der Waals surface area contributed by atoms with Crippen molar-refractivity contribution in [3.8, 4) is 5.75 Å². The van der Waals surface area contributed by atoms with Gasteiger partial charge in [0.15, 0.2) is 0 Å². The molecule has 1 aromatic heterocycles. The van der Waals surface area contributed by atoms with Gasteiger partial charge in [-0.15, -0.1) is 13.2 Å². The molecule has 0 aliphatic heterocycles. The van der Waals surface area contributed by atoms with E-state index in [2.05, 4.69) is 14.5 Å². The third-order valence-corrected chi connectivity index (χ3v) is 2.03. The van der Waals surface area contributed by atoms with E-state index < -0.39 is 34.5 Å². The number of hydrogen-bond donors (Lipinski definition) is 0. The van der Waals surface area contributed by atoms with Gasteiger partial charge >= 0.3 is 18.1 Å². The molecule has 1 rings (SSSR count). The zero-order valence-corrected chi connectivity index (χ0v) is 10.4. The molecule has 0 aliphatic carbocycles. The third-order valence-electron chi connectivity index (χ3n) is 2.03. The smallest absolute Gasteiger partial charge is 0.460 e. The molecule has 0 saturated heterocycles. The van der Waals surface area contributed by atoms with Crippen LogP contribution in [0.1, 0.15) is 23.0 Å². The standard InChI is InChI=1S/C10H9F3N2O5/c1-3-19-9(16)7-5(2)4-6(20-10(11,12)13)8(14-7)15(17)18/h4H,3H2,1-2H3. The average Bonchev–Trinajstić information content (AvgIpc) is 2.26. The van der Waals surface area contributed by atoms with E-state index in [1.165, 1.54) is 13.8 Å². The number of nitrogens with zero attached hydrogens (tertiary/aromatic N) is 2. The molecule has 0 spiro atoms. The van der Waals surface area contributed by atoms with Gasteiger partial charge in [-0.05, 0) is 29.8 Å². The van der Waals surface area contributed by atoms with Crippen molar-refractivity contribution in [3.63, 3.8) is 0 Å². The van der Waals surface area contributed by atoms with Crippen LogP contribution in [0.3, 0.4) is 0 Å². The quantitative estimate of drug-likeness (QED) is 0.481. The molecule has 0 N–H and O–H groups in total. The molecule has 0 unspecified atom stereocenters. The van der Waals surface area contributed by atoms with Crippen molar-refractivity contribution in [2.75, 3.05) is 6.61 Å². The highest BCUT2D eigenvalue weighted by Gasteiger charge is 2.36. The van der Waals surface area contributed by atoms with Gasteiger partial charge in [-0.3, -0.25) is 0 Å². The number of esters is 1. The third kappa shape index (κ3) is 3.80. The molecule has 7 nitrogen and oxygen atoms in total. The topological polar surface area (TPSA) is 91.6 Å². The molecule has 0 aliphatic rings. The van der Waals surface area contributed by atoms with Crippen molar-refractivity contribution in [2.24, 2.45) is 0 Å². The number of aromatic nitrogens is 1. The SMILES string of the molecule is CCOC(=O)c1nc([N+](=O)[O-])c(OC(F)(F)F)cc1C. The monoisotopic (exact) mass is 294 g/mol. The second kappa shape index (κ2) is 5.72. The molecule has 0 saturated carbocycles. The van der Waals surface area contributed by atoms with E-state index in [1.807, 2.05) is 0 Å². The lowest BCUT2D eigenvalue weighted by molar-refractivity contribution is -0.393. The number of carbonyl (C=O) groups is 1.